The van der Waals surface area contributed by atoms with Crippen LogP contribution in [0.1, 0.15) is 27.0 Å². The summed E-state index contributed by atoms with van der Waals surface area (Å²) in [6, 6.07) is 20.6. The highest BCUT2D eigenvalue weighted by molar-refractivity contribution is 9.10. The molecule has 3 rings (SSSR count). The van der Waals surface area contributed by atoms with Gasteiger partial charge in [0.2, 0.25) is 0 Å². The molecule has 1 amide bonds. The molecule has 3 aromatic carbocycles. The van der Waals surface area contributed by atoms with Crippen molar-refractivity contribution in [3.05, 3.63) is 99.3 Å². The van der Waals surface area contributed by atoms with Gasteiger partial charge in [0.15, 0.2) is 0 Å². The zero-order valence-electron chi connectivity index (χ0n) is 15.1. The maximum absolute atomic E-state index is 13.8. The lowest BCUT2D eigenvalue weighted by atomic mass is 10.1. The van der Waals surface area contributed by atoms with Crippen molar-refractivity contribution in [2.45, 2.75) is 6.61 Å². The van der Waals surface area contributed by atoms with Crippen molar-refractivity contribution >= 4 is 28.1 Å². The molecule has 0 unspecified atom stereocenters. The van der Waals surface area contributed by atoms with Gasteiger partial charge in [-0.25, -0.2) is 9.82 Å². The van der Waals surface area contributed by atoms with Crippen molar-refractivity contribution in [3.8, 4) is 11.8 Å². The Bertz CT molecular complexity index is 1090. The first-order valence-electron chi connectivity index (χ1n) is 8.56. The smallest absolute Gasteiger partial charge is 0.274 e. The van der Waals surface area contributed by atoms with Gasteiger partial charge in [0.1, 0.15) is 18.2 Å². The van der Waals surface area contributed by atoms with E-state index in [0.29, 0.717) is 17.9 Å². The minimum atomic E-state index is -0.778. The fourth-order valence-electron chi connectivity index (χ4n) is 2.44. The number of carbonyl (C=O) groups excluding carboxylic acids is 1. The van der Waals surface area contributed by atoms with Crippen LogP contribution in [0.2, 0.25) is 0 Å². The summed E-state index contributed by atoms with van der Waals surface area (Å²) in [5, 5.41) is 12.6. The minimum absolute atomic E-state index is 0.141. The number of benzene rings is 3. The van der Waals surface area contributed by atoms with Gasteiger partial charge in [-0.2, -0.15) is 10.4 Å². The lowest BCUT2D eigenvalue weighted by molar-refractivity contribution is 0.0951. The van der Waals surface area contributed by atoms with Crippen molar-refractivity contribution in [3.63, 3.8) is 0 Å². The molecule has 29 heavy (non-hydrogen) atoms. The van der Waals surface area contributed by atoms with Crippen LogP contribution in [-0.4, -0.2) is 12.1 Å². The molecular weight excluding hydrogens is 437 g/mol. The molecular formula is C22H15BrFN3O2. The first kappa shape index (κ1) is 20.2. The third kappa shape index (κ3) is 5.50. The number of hydrogen-bond donors (Lipinski definition) is 1. The molecule has 0 aromatic heterocycles. The van der Waals surface area contributed by atoms with Crippen LogP contribution in [0, 0.1) is 17.1 Å². The number of nitrogens with one attached hydrogen (secondary N) is 1. The fourth-order valence-corrected chi connectivity index (χ4v) is 2.96. The number of nitrogens with zero attached hydrogens (tertiary/aromatic N) is 2. The highest BCUT2D eigenvalue weighted by Crippen LogP contribution is 2.26. The first-order valence-corrected chi connectivity index (χ1v) is 9.35. The number of hydrogen-bond acceptors (Lipinski definition) is 4. The molecule has 1 N–H and O–H groups in total. The highest BCUT2D eigenvalue weighted by Gasteiger charge is 2.11. The van der Waals surface area contributed by atoms with E-state index in [1.807, 2.05) is 36.4 Å². The van der Waals surface area contributed by atoms with Crippen molar-refractivity contribution in [1.82, 2.24) is 5.43 Å². The van der Waals surface area contributed by atoms with Gasteiger partial charge in [-0.05, 0) is 63.5 Å². The SMILES string of the molecule is N#Cc1ccc(C(=O)N/N=C\c2ccc(OCc3ccccc3)c(Br)c2)c(F)c1. The van der Waals surface area contributed by atoms with E-state index < -0.39 is 11.7 Å². The van der Waals surface area contributed by atoms with E-state index in [0.717, 1.165) is 16.1 Å². The number of hydrazone groups is 1. The molecule has 0 saturated heterocycles. The third-order valence-electron chi connectivity index (χ3n) is 3.92. The summed E-state index contributed by atoms with van der Waals surface area (Å²) in [6.45, 7) is 0.444. The molecule has 0 heterocycles. The molecule has 0 bridgehead atoms. The van der Waals surface area contributed by atoms with Crippen molar-refractivity contribution in [2.24, 2.45) is 5.10 Å². The van der Waals surface area contributed by atoms with E-state index >= 15 is 0 Å². The summed E-state index contributed by atoms with van der Waals surface area (Å²) in [7, 11) is 0. The number of amides is 1. The monoisotopic (exact) mass is 451 g/mol. The van der Waals surface area contributed by atoms with Crippen LogP contribution in [0.25, 0.3) is 0 Å². The zero-order valence-corrected chi connectivity index (χ0v) is 16.7. The second-order valence-electron chi connectivity index (χ2n) is 5.97. The van der Waals surface area contributed by atoms with E-state index in [2.05, 4.69) is 26.5 Å². The second-order valence-corrected chi connectivity index (χ2v) is 6.82. The normalized spacial score (nSPS) is 10.5. The summed E-state index contributed by atoms with van der Waals surface area (Å²) >= 11 is 3.45. The number of ether oxygens (including phenoxy) is 1. The van der Waals surface area contributed by atoms with Gasteiger partial charge in [-0.3, -0.25) is 4.79 Å². The Morgan fingerprint density at radius 3 is 2.66 bits per heavy atom. The molecule has 5 nitrogen and oxygen atoms in total. The predicted octanol–water partition coefficient (Wildman–Crippen LogP) is 4.80. The fraction of sp³-hybridized carbons (Fsp3) is 0.0455. The molecule has 144 valence electrons. The van der Waals surface area contributed by atoms with E-state index in [1.54, 1.807) is 18.2 Å². The minimum Gasteiger partial charge on any atom is -0.488 e. The predicted molar refractivity (Wildman–Crippen MR) is 111 cm³/mol. The maximum Gasteiger partial charge on any atom is 0.274 e. The van der Waals surface area contributed by atoms with Crippen LogP contribution in [-0.2, 0) is 6.61 Å². The molecule has 0 saturated carbocycles. The Morgan fingerprint density at radius 1 is 1.17 bits per heavy atom. The third-order valence-corrected chi connectivity index (χ3v) is 4.54. The molecule has 0 aliphatic rings. The quantitative estimate of drug-likeness (QED) is 0.431. The Kier molecular flexibility index (Phi) is 6.72. The van der Waals surface area contributed by atoms with Gasteiger partial charge >= 0.3 is 0 Å². The van der Waals surface area contributed by atoms with E-state index in [-0.39, 0.29) is 11.1 Å². The highest BCUT2D eigenvalue weighted by atomic mass is 79.9. The van der Waals surface area contributed by atoms with Crippen LogP contribution in [0.4, 0.5) is 4.39 Å². The van der Waals surface area contributed by atoms with Crippen molar-refractivity contribution < 1.29 is 13.9 Å². The van der Waals surface area contributed by atoms with Crippen LogP contribution in [0.15, 0.2) is 76.3 Å². The van der Waals surface area contributed by atoms with E-state index in [1.165, 1.54) is 18.3 Å². The Hall–Kier alpha value is -3.50. The van der Waals surface area contributed by atoms with Gasteiger partial charge in [-0.15, -0.1) is 0 Å². The Balaban J connectivity index is 1.60. The van der Waals surface area contributed by atoms with Crippen molar-refractivity contribution in [2.75, 3.05) is 0 Å². The van der Waals surface area contributed by atoms with Crippen molar-refractivity contribution in [1.29, 1.82) is 5.26 Å². The second kappa shape index (κ2) is 9.62. The largest absolute Gasteiger partial charge is 0.488 e. The first-order chi connectivity index (χ1) is 14.1. The standard InChI is InChI=1S/C22H15BrFN3O2/c23-19-10-17(7-9-21(19)29-14-15-4-2-1-3-5-15)13-26-27-22(28)18-8-6-16(12-25)11-20(18)24/h1-11,13H,14H2,(H,27,28)/b26-13-. The Labute approximate surface area is 175 Å². The van der Waals surface area contributed by atoms with Gasteiger partial charge in [0, 0.05) is 0 Å². The van der Waals surface area contributed by atoms with Gasteiger partial charge in [0.05, 0.1) is 27.9 Å². The summed E-state index contributed by atoms with van der Waals surface area (Å²) in [5.74, 6) is -0.806. The maximum atomic E-state index is 13.8. The van der Waals surface area contributed by atoms with Crippen LogP contribution in [0.5, 0.6) is 5.75 Å². The topological polar surface area (TPSA) is 74.5 Å². The summed E-state index contributed by atoms with van der Waals surface area (Å²) in [5.41, 5.74) is 3.99. The number of nitriles is 1. The molecule has 0 atom stereocenters. The Morgan fingerprint density at radius 2 is 1.97 bits per heavy atom. The number of carbonyl (C=O) groups is 1. The van der Waals surface area contributed by atoms with Gasteiger partial charge in [-0.1, -0.05) is 30.3 Å². The molecule has 0 radical (unpaired) electrons. The molecule has 7 heteroatoms. The zero-order chi connectivity index (χ0) is 20.6. The molecule has 0 fully saturated rings. The number of rotatable bonds is 6. The lowest BCUT2D eigenvalue weighted by Gasteiger charge is -2.09. The van der Waals surface area contributed by atoms with Crippen LogP contribution < -0.4 is 10.2 Å². The summed E-state index contributed by atoms with van der Waals surface area (Å²) in [6.07, 6.45) is 1.44. The molecule has 0 spiro atoms. The van der Waals surface area contributed by atoms with Crippen LogP contribution in [0.3, 0.4) is 0 Å². The lowest BCUT2D eigenvalue weighted by Crippen LogP contribution is -2.19. The van der Waals surface area contributed by atoms with Crippen LogP contribution >= 0.6 is 15.9 Å². The average Bonchev–Trinajstić information content (AvgIpc) is 2.73. The van der Waals surface area contributed by atoms with E-state index in [4.69, 9.17) is 10.00 Å². The molecule has 0 aliphatic heterocycles. The molecule has 3 aromatic rings. The van der Waals surface area contributed by atoms with E-state index in [9.17, 15) is 9.18 Å². The van der Waals surface area contributed by atoms with Gasteiger partial charge < -0.3 is 4.74 Å². The number of halogens is 2. The summed E-state index contributed by atoms with van der Waals surface area (Å²) < 4.78 is 20.4. The summed E-state index contributed by atoms with van der Waals surface area (Å²) in [4.78, 5) is 12.0. The van der Waals surface area contributed by atoms with Gasteiger partial charge in [0.25, 0.3) is 5.91 Å². The molecule has 0 aliphatic carbocycles. The average molecular weight is 452 g/mol.